The molecule has 7 nitrogen and oxygen atoms in total. The topological polar surface area (TPSA) is 86.1 Å². The van der Waals surface area contributed by atoms with Gasteiger partial charge in [0.05, 0.1) is 17.2 Å². The number of aryl methyl sites for hydroxylation is 1. The highest BCUT2D eigenvalue weighted by Crippen LogP contribution is 2.34. The molecule has 0 saturated carbocycles. The summed E-state index contributed by atoms with van der Waals surface area (Å²) in [5.74, 6) is 1.09. The second-order valence-corrected chi connectivity index (χ2v) is 5.00. The van der Waals surface area contributed by atoms with Crippen LogP contribution in [-0.4, -0.2) is 14.7 Å². The van der Waals surface area contributed by atoms with Crippen LogP contribution in [0, 0.1) is 10.1 Å². The van der Waals surface area contributed by atoms with Gasteiger partial charge in [-0.25, -0.2) is 4.68 Å². The predicted octanol–water partition coefficient (Wildman–Crippen LogP) is 3.22. The van der Waals surface area contributed by atoms with E-state index in [9.17, 15) is 10.1 Å². The molecule has 0 aromatic carbocycles. The zero-order valence-electron chi connectivity index (χ0n) is 12.0. The van der Waals surface area contributed by atoms with E-state index in [0.29, 0.717) is 17.3 Å². The summed E-state index contributed by atoms with van der Waals surface area (Å²) in [5, 5.41) is 18.7. The minimum absolute atomic E-state index is 0.0175. The van der Waals surface area contributed by atoms with Gasteiger partial charge in [-0.2, -0.15) is 5.10 Å². The average molecular weight is 278 g/mol. The van der Waals surface area contributed by atoms with Crippen molar-refractivity contribution in [3.8, 4) is 0 Å². The molecule has 0 amide bonds. The molecule has 0 fully saturated rings. The summed E-state index contributed by atoms with van der Waals surface area (Å²) in [6.07, 6.45) is 1.57. The van der Waals surface area contributed by atoms with Gasteiger partial charge >= 0.3 is 5.69 Å². The summed E-state index contributed by atoms with van der Waals surface area (Å²) in [6, 6.07) is 3.42. The Morgan fingerprint density at radius 2 is 2.15 bits per heavy atom. The fourth-order valence-electron chi connectivity index (χ4n) is 2.08. The van der Waals surface area contributed by atoms with Crippen LogP contribution >= 0.6 is 0 Å². The first-order chi connectivity index (χ1) is 9.41. The third-order valence-corrected chi connectivity index (χ3v) is 3.10. The van der Waals surface area contributed by atoms with Crippen molar-refractivity contribution in [1.29, 1.82) is 0 Å². The number of hydrogen-bond acceptors (Lipinski definition) is 5. The first-order valence-electron chi connectivity index (χ1n) is 6.43. The van der Waals surface area contributed by atoms with E-state index in [4.69, 9.17) is 4.42 Å². The van der Waals surface area contributed by atoms with E-state index in [1.54, 1.807) is 19.4 Å². The lowest BCUT2D eigenvalue weighted by Gasteiger charge is -2.12. The van der Waals surface area contributed by atoms with E-state index in [1.165, 1.54) is 4.68 Å². The maximum atomic E-state index is 11.3. The Balaban J connectivity index is 2.38. The Morgan fingerprint density at radius 3 is 2.65 bits per heavy atom. The van der Waals surface area contributed by atoms with Crippen molar-refractivity contribution in [3.63, 3.8) is 0 Å². The van der Waals surface area contributed by atoms with Crippen LogP contribution in [0.5, 0.6) is 0 Å². The number of nitrogens with one attached hydrogen (secondary N) is 1. The molecule has 2 aromatic rings. The lowest BCUT2D eigenvalue weighted by atomic mass is 10.1. The number of anilines is 1. The molecule has 2 rings (SSSR count). The molecule has 1 N–H and O–H groups in total. The molecule has 108 valence electrons. The molecule has 0 aliphatic heterocycles. The number of nitrogens with zero attached hydrogens (tertiary/aromatic N) is 3. The number of furan rings is 1. The van der Waals surface area contributed by atoms with Gasteiger partial charge in [0.1, 0.15) is 11.5 Å². The lowest BCUT2D eigenvalue weighted by Crippen LogP contribution is -2.10. The molecular formula is C13H18N4O3. The van der Waals surface area contributed by atoms with Crippen LogP contribution < -0.4 is 5.32 Å². The zero-order chi connectivity index (χ0) is 14.9. The van der Waals surface area contributed by atoms with E-state index >= 15 is 0 Å². The van der Waals surface area contributed by atoms with Gasteiger partial charge in [-0.05, 0) is 19.1 Å². The zero-order valence-corrected chi connectivity index (χ0v) is 12.0. The average Bonchev–Trinajstić information content (AvgIpc) is 2.97. The van der Waals surface area contributed by atoms with Gasteiger partial charge in [-0.1, -0.05) is 13.8 Å². The van der Waals surface area contributed by atoms with Crippen molar-refractivity contribution in [1.82, 2.24) is 9.78 Å². The molecule has 2 heterocycles. The lowest BCUT2D eigenvalue weighted by molar-refractivity contribution is -0.384. The number of rotatable bonds is 5. The molecule has 0 spiro atoms. The largest absolute Gasteiger partial charge is 0.467 e. The Labute approximate surface area is 116 Å². The standard InChI is InChI=1S/C13H18N4O3/c1-8(2)11-12(17(18)19)13(16(4)15-11)14-9(3)10-6-5-7-20-10/h5-9,14H,1-4H3. The SMILES string of the molecule is CC(C)c1nn(C)c(NC(C)c2ccco2)c1[N+](=O)[O-]. The molecular weight excluding hydrogens is 260 g/mol. The summed E-state index contributed by atoms with van der Waals surface area (Å²) in [5.41, 5.74) is 0.507. The maximum Gasteiger partial charge on any atom is 0.334 e. The van der Waals surface area contributed by atoms with Crippen LogP contribution in [0.4, 0.5) is 11.5 Å². The third kappa shape index (κ3) is 2.52. The van der Waals surface area contributed by atoms with E-state index < -0.39 is 0 Å². The van der Waals surface area contributed by atoms with Crippen molar-refractivity contribution in [2.24, 2.45) is 7.05 Å². The first kappa shape index (κ1) is 14.1. The van der Waals surface area contributed by atoms with Gasteiger partial charge in [0.15, 0.2) is 0 Å². The summed E-state index contributed by atoms with van der Waals surface area (Å²) in [7, 11) is 1.69. The van der Waals surface area contributed by atoms with Crippen molar-refractivity contribution >= 4 is 11.5 Å². The van der Waals surface area contributed by atoms with Crippen molar-refractivity contribution in [2.45, 2.75) is 32.7 Å². The third-order valence-electron chi connectivity index (χ3n) is 3.10. The summed E-state index contributed by atoms with van der Waals surface area (Å²) in [6.45, 7) is 5.65. The Bertz CT molecular complexity index is 601. The highest BCUT2D eigenvalue weighted by atomic mass is 16.6. The molecule has 0 saturated heterocycles. The van der Waals surface area contributed by atoms with Gasteiger partial charge in [0.2, 0.25) is 5.82 Å². The maximum absolute atomic E-state index is 11.3. The van der Waals surface area contributed by atoms with E-state index in [2.05, 4.69) is 10.4 Å². The molecule has 1 unspecified atom stereocenters. The van der Waals surface area contributed by atoms with Crippen LogP contribution in [0.1, 0.15) is 44.2 Å². The minimum Gasteiger partial charge on any atom is -0.467 e. The van der Waals surface area contributed by atoms with E-state index in [0.717, 1.165) is 0 Å². The molecule has 7 heteroatoms. The van der Waals surface area contributed by atoms with Crippen LogP contribution in [0.3, 0.4) is 0 Å². The molecule has 1 atom stereocenters. The van der Waals surface area contributed by atoms with Gasteiger partial charge in [-0.15, -0.1) is 0 Å². The number of nitro groups is 1. The van der Waals surface area contributed by atoms with Gasteiger partial charge < -0.3 is 9.73 Å². The van der Waals surface area contributed by atoms with Crippen molar-refractivity contribution in [3.05, 3.63) is 40.0 Å². The number of aromatic nitrogens is 2. The monoisotopic (exact) mass is 278 g/mol. The molecule has 20 heavy (non-hydrogen) atoms. The first-order valence-corrected chi connectivity index (χ1v) is 6.43. The van der Waals surface area contributed by atoms with Crippen LogP contribution in [-0.2, 0) is 7.05 Å². The fraction of sp³-hybridized carbons (Fsp3) is 0.462. The smallest absolute Gasteiger partial charge is 0.334 e. The van der Waals surface area contributed by atoms with Crippen LogP contribution in [0.15, 0.2) is 22.8 Å². The highest BCUT2D eigenvalue weighted by molar-refractivity contribution is 5.61. The van der Waals surface area contributed by atoms with E-state index in [-0.39, 0.29) is 22.6 Å². The Hall–Kier alpha value is -2.31. The minimum atomic E-state index is -0.389. The summed E-state index contributed by atoms with van der Waals surface area (Å²) in [4.78, 5) is 10.9. The Kier molecular flexibility index (Phi) is 3.78. The summed E-state index contributed by atoms with van der Waals surface area (Å²) < 4.78 is 6.81. The van der Waals surface area contributed by atoms with Crippen LogP contribution in [0.25, 0.3) is 0 Å². The second-order valence-electron chi connectivity index (χ2n) is 5.00. The van der Waals surface area contributed by atoms with Crippen molar-refractivity contribution < 1.29 is 9.34 Å². The predicted molar refractivity (Wildman–Crippen MR) is 74.7 cm³/mol. The van der Waals surface area contributed by atoms with Gasteiger partial charge in [0.25, 0.3) is 0 Å². The quantitative estimate of drug-likeness (QED) is 0.670. The molecule has 0 aliphatic rings. The summed E-state index contributed by atoms with van der Waals surface area (Å²) >= 11 is 0. The van der Waals surface area contributed by atoms with Crippen LogP contribution in [0.2, 0.25) is 0 Å². The molecule has 0 aliphatic carbocycles. The molecule has 2 aromatic heterocycles. The fourth-order valence-corrected chi connectivity index (χ4v) is 2.08. The highest BCUT2D eigenvalue weighted by Gasteiger charge is 2.29. The Morgan fingerprint density at radius 1 is 1.45 bits per heavy atom. The van der Waals surface area contributed by atoms with Gasteiger partial charge in [0, 0.05) is 13.0 Å². The van der Waals surface area contributed by atoms with Crippen molar-refractivity contribution in [2.75, 3.05) is 5.32 Å². The number of hydrogen-bond donors (Lipinski definition) is 1. The molecule has 0 radical (unpaired) electrons. The normalized spacial score (nSPS) is 12.7. The van der Waals surface area contributed by atoms with Gasteiger partial charge in [-0.3, -0.25) is 10.1 Å². The molecule has 0 bridgehead atoms. The van der Waals surface area contributed by atoms with E-state index in [1.807, 2.05) is 26.8 Å². The second kappa shape index (κ2) is 5.36.